The van der Waals surface area contributed by atoms with Crippen molar-refractivity contribution in [1.82, 2.24) is 5.32 Å². The maximum Gasteiger partial charge on any atom is 0.508 e. The predicted molar refractivity (Wildman–Crippen MR) is 78.3 cm³/mol. The van der Waals surface area contributed by atoms with Crippen LogP contribution in [0.5, 0.6) is 0 Å². The molecule has 22 heavy (non-hydrogen) atoms. The zero-order valence-corrected chi connectivity index (χ0v) is 12.2. The van der Waals surface area contributed by atoms with E-state index < -0.39 is 24.2 Å². The van der Waals surface area contributed by atoms with Crippen molar-refractivity contribution in [2.45, 2.75) is 19.1 Å². The Labute approximate surface area is 128 Å². The van der Waals surface area contributed by atoms with Gasteiger partial charge in [-0.3, -0.25) is 9.59 Å². The summed E-state index contributed by atoms with van der Waals surface area (Å²) in [7, 11) is 0. The minimum atomic E-state index is -0.891. The monoisotopic (exact) mass is 303 g/mol. The lowest BCUT2D eigenvalue weighted by molar-refractivity contribution is -0.139. The molecule has 1 aromatic carbocycles. The Morgan fingerprint density at radius 1 is 1.36 bits per heavy atom. The van der Waals surface area contributed by atoms with Crippen molar-refractivity contribution < 1.29 is 23.9 Å². The second-order valence-corrected chi connectivity index (χ2v) is 4.91. The van der Waals surface area contributed by atoms with Crippen LogP contribution < -0.4 is 5.32 Å². The van der Waals surface area contributed by atoms with Crippen LogP contribution in [0.15, 0.2) is 43.0 Å². The van der Waals surface area contributed by atoms with Gasteiger partial charge in [-0.25, -0.2) is 4.79 Å². The number of hydrogen-bond donors (Lipinski definition) is 1. The number of nitrogens with one attached hydrogen (secondary N) is 1. The highest BCUT2D eigenvalue weighted by atomic mass is 16.7. The molecule has 0 bridgehead atoms. The number of β-lactam (4-membered cyclic amide) rings is 1. The van der Waals surface area contributed by atoms with E-state index in [9.17, 15) is 14.4 Å². The van der Waals surface area contributed by atoms with Crippen molar-refractivity contribution in [3.63, 3.8) is 0 Å². The lowest BCUT2D eigenvalue weighted by Gasteiger charge is -2.38. The molecule has 1 heterocycles. The van der Waals surface area contributed by atoms with Gasteiger partial charge in [0, 0.05) is 5.56 Å². The van der Waals surface area contributed by atoms with E-state index >= 15 is 0 Å². The maximum absolute atomic E-state index is 12.3. The quantitative estimate of drug-likeness (QED) is 0.374. The van der Waals surface area contributed by atoms with Crippen LogP contribution in [0, 0.1) is 5.92 Å². The molecule has 0 aliphatic carbocycles. The number of ketones is 1. The fourth-order valence-corrected chi connectivity index (χ4v) is 2.28. The second-order valence-electron chi connectivity index (χ2n) is 4.91. The minimum Gasteiger partial charge on any atom is -0.430 e. The van der Waals surface area contributed by atoms with E-state index in [1.54, 1.807) is 37.3 Å². The molecule has 0 unspecified atom stereocenters. The Balaban J connectivity index is 2.00. The van der Waals surface area contributed by atoms with Crippen molar-refractivity contribution in [1.29, 1.82) is 0 Å². The topological polar surface area (TPSA) is 81.7 Å². The van der Waals surface area contributed by atoms with E-state index in [1.807, 2.05) is 0 Å². The van der Waals surface area contributed by atoms with Gasteiger partial charge >= 0.3 is 6.16 Å². The van der Waals surface area contributed by atoms with Crippen LogP contribution in [-0.2, 0) is 14.3 Å². The standard InChI is InChI=1S/C16H17NO5/c1-3-9-21-16(20)22-10(2)12-13(17-15(12)19)14(18)11-7-5-4-6-8-11/h3-8,10,12-13H,1,9H2,2H3,(H,17,19)/t10-,12-,13+/m1/s1. The van der Waals surface area contributed by atoms with Crippen LogP contribution in [0.1, 0.15) is 17.3 Å². The fraction of sp³-hybridized carbons (Fsp3) is 0.312. The van der Waals surface area contributed by atoms with Crippen LogP contribution in [0.3, 0.4) is 0 Å². The predicted octanol–water partition coefficient (Wildman–Crippen LogP) is 1.71. The summed E-state index contributed by atoms with van der Waals surface area (Å²) in [6, 6.07) is 7.94. The van der Waals surface area contributed by atoms with Crippen LogP contribution in [0.2, 0.25) is 0 Å². The van der Waals surface area contributed by atoms with Crippen LogP contribution in [0.4, 0.5) is 4.79 Å². The molecule has 0 radical (unpaired) electrons. The third-order valence-corrected chi connectivity index (χ3v) is 3.41. The number of hydrogen-bond acceptors (Lipinski definition) is 5. The third-order valence-electron chi connectivity index (χ3n) is 3.41. The van der Waals surface area contributed by atoms with E-state index in [0.717, 1.165) is 0 Å². The van der Waals surface area contributed by atoms with Gasteiger partial charge in [-0.2, -0.15) is 0 Å². The SMILES string of the molecule is C=CCOC(=O)O[C@H](C)[C@H]1C(=O)N[C@@H]1C(=O)c1ccccc1. The summed E-state index contributed by atoms with van der Waals surface area (Å²) < 4.78 is 9.72. The van der Waals surface area contributed by atoms with Crippen LogP contribution in [0.25, 0.3) is 0 Å². The first-order chi connectivity index (χ1) is 10.5. The van der Waals surface area contributed by atoms with Gasteiger partial charge in [0.25, 0.3) is 0 Å². The van der Waals surface area contributed by atoms with Gasteiger partial charge in [0.15, 0.2) is 5.78 Å². The van der Waals surface area contributed by atoms with Crippen LogP contribution in [-0.4, -0.2) is 36.6 Å². The van der Waals surface area contributed by atoms with E-state index in [2.05, 4.69) is 11.9 Å². The number of carbonyl (C=O) groups is 3. The molecule has 1 aromatic rings. The summed E-state index contributed by atoms with van der Waals surface area (Å²) in [5.74, 6) is -1.25. The Kier molecular flexibility index (Phi) is 4.93. The number of carbonyl (C=O) groups excluding carboxylic acids is 3. The molecular formula is C16H17NO5. The summed E-state index contributed by atoms with van der Waals surface area (Å²) in [6.07, 6.45) is -0.245. The zero-order chi connectivity index (χ0) is 16.1. The van der Waals surface area contributed by atoms with Crippen molar-refractivity contribution in [3.05, 3.63) is 48.6 Å². The molecule has 0 spiro atoms. The summed E-state index contributed by atoms with van der Waals surface area (Å²) >= 11 is 0. The molecular weight excluding hydrogens is 286 g/mol. The van der Waals surface area contributed by atoms with Crippen LogP contribution >= 0.6 is 0 Å². The smallest absolute Gasteiger partial charge is 0.430 e. The van der Waals surface area contributed by atoms with Gasteiger partial charge in [-0.05, 0) is 6.92 Å². The molecule has 2 rings (SSSR count). The number of ether oxygens (including phenoxy) is 2. The molecule has 1 fully saturated rings. The van der Waals surface area contributed by atoms with Gasteiger partial charge in [0.2, 0.25) is 5.91 Å². The molecule has 1 saturated heterocycles. The van der Waals surface area contributed by atoms with Gasteiger partial charge in [0.1, 0.15) is 24.7 Å². The minimum absolute atomic E-state index is 0.0226. The van der Waals surface area contributed by atoms with Gasteiger partial charge in [0.05, 0.1) is 0 Å². The molecule has 6 heteroatoms. The highest BCUT2D eigenvalue weighted by Crippen LogP contribution is 2.25. The Morgan fingerprint density at radius 3 is 2.64 bits per heavy atom. The van der Waals surface area contributed by atoms with Gasteiger partial charge in [-0.1, -0.05) is 43.0 Å². The average Bonchev–Trinajstić information content (AvgIpc) is 2.50. The Hall–Kier alpha value is -2.63. The largest absolute Gasteiger partial charge is 0.508 e. The first kappa shape index (κ1) is 15.8. The summed E-state index contributed by atoms with van der Waals surface area (Å²) in [6.45, 7) is 5.00. The molecule has 3 atom stereocenters. The molecule has 0 aromatic heterocycles. The summed E-state index contributed by atoms with van der Waals surface area (Å²) in [5.41, 5.74) is 0.499. The van der Waals surface area contributed by atoms with Crippen molar-refractivity contribution in [3.8, 4) is 0 Å². The normalized spacial score (nSPS) is 21.0. The molecule has 116 valence electrons. The first-order valence-corrected chi connectivity index (χ1v) is 6.88. The second kappa shape index (κ2) is 6.89. The lowest BCUT2D eigenvalue weighted by atomic mass is 9.81. The van der Waals surface area contributed by atoms with Crippen molar-refractivity contribution in [2.24, 2.45) is 5.92 Å². The molecule has 1 aliphatic rings. The molecule has 1 amide bonds. The summed E-state index contributed by atoms with van der Waals surface area (Å²) in [4.78, 5) is 35.4. The lowest BCUT2D eigenvalue weighted by Crippen LogP contribution is -2.65. The number of benzene rings is 1. The Morgan fingerprint density at radius 2 is 2.05 bits per heavy atom. The molecule has 0 saturated carbocycles. The van der Waals surface area contributed by atoms with Gasteiger partial charge in [-0.15, -0.1) is 0 Å². The highest BCUT2D eigenvalue weighted by molar-refractivity contribution is 6.08. The van der Waals surface area contributed by atoms with Crippen molar-refractivity contribution >= 4 is 17.8 Å². The van der Waals surface area contributed by atoms with Gasteiger partial charge < -0.3 is 14.8 Å². The number of rotatable bonds is 6. The average molecular weight is 303 g/mol. The highest BCUT2D eigenvalue weighted by Gasteiger charge is 2.48. The summed E-state index contributed by atoms with van der Waals surface area (Å²) in [5, 5.41) is 2.55. The number of Topliss-reactive ketones (excluding diaryl/α,β-unsaturated/α-hetero) is 1. The number of amides is 1. The van der Waals surface area contributed by atoms with E-state index in [4.69, 9.17) is 9.47 Å². The van der Waals surface area contributed by atoms with E-state index in [1.165, 1.54) is 6.08 Å². The first-order valence-electron chi connectivity index (χ1n) is 6.88. The van der Waals surface area contributed by atoms with Crippen molar-refractivity contribution in [2.75, 3.05) is 6.61 Å². The maximum atomic E-state index is 12.3. The van der Waals surface area contributed by atoms with E-state index in [0.29, 0.717) is 5.56 Å². The molecule has 1 aliphatic heterocycles. The molecule has 1 N–H and O–H groups in total. The fourth-order valence-electron chi connectivity index (χ4n) is 2.28. The zero-order valence-electron chi connectivity index (χ0n) is 12.2. The third kappa shape index (κ3) is 3.33. The van der Waals surface area contributed by atoms with E-state index in [-0.39, 0.29) is 18.3 Å². The molecule has 6 nitrogen and oxygen atoms in total. The Bertz CT molecular complexity index is 583.